The molecule has 82 valence electrons. The van der Waals surface area contributed by atoms with E-state index in [0.29, 0.717) is 11.5 Å². The van der Waals surface area contributed by atoms with Crippen LogP contribution in [0.5, 0.6) is 0 Å². The van der Waals surface area contributed by atoms with Gasteiger partial charge in [-0.3, -0.25) is 4.90 Å². The van der Waals surface area contributed by atoms with Gasteiger partial charge in [-0.25, -0.2) is 0 Å². The lowest BCUT2D eigenvalue weighted by molar-refractivity contribution is 0.408. The molecule has 0 atom stereocenters. The molecule has 0 aliphatic carbocycles. The normalized spacial score (nSPS) is 10.5. The van der Waals surface area contributed by atoms with Gasteiger partial charge >= 0.3 is 0 Å². The summed E-state index contributed by atoms with van der Waals surface area (Å²) >= 11 is 6.70. The molecule has 0 fully saturated rings. The fraction of sp³-hybridized carbons (Fsp3) is 0.364. The molecule has 0 aliphatic rings. The lowest BCUT2D eigenvalue weighted by atomic mass is 10.4. The summed E-state index contributed by atoms with van der Waals surface area (Å²) in [6.45, 7) is 1.70. The molecule has 1 aromatic carbocycles. The summed E-state index contributed by atoms with van der Waals surface area (Å²) in [6.07, 6.45) is 0. The molecule has 0 amide bonds. The van der Waals surface area contributed by atoms with Gasteiger partial charge in [-0.1, -0.05) is 30.4 Å². The molecule has 2 nitrogen and oxygen atoms in total. The Kier molecular flexibility index (Phi) is 5.68. The minimum absolute atomic E-state index is 0.558. The monoisotopic (exact) mass is 240 g/mol. The molecule has 4 heteroatoms. The molecule has 0 bridgehead atoms. The summed E-state index contributed by atoms with van der Waals surface area (Å²) in [6, 6.07) is 10.4. The van der Waals surface area contributed by atoms with Crippen LogP contribution in [0, 0.1) is 0 Å². The van der Waals surface area contributed by atoms with Crippen LogP contribution in [0.1, 0.15) is 0 Å². The highest BCUT2D eigenvalue weighted by Crippen LogP contribution is 2.16. The molecule has 0 aromatic heterocycles. The van der Waals surface area contributed by atoms with Gasteiger partial charge in [-0.2, -0.15) is 0 Å². The number of thioether (sulfide) groups is 1. The molecular formula is C11H16N2S2. The van der Waals surface area contributed by atoms with Crippen LogP contribution >= 0.6 is 24.0 Å². The van der Waals surface area contributed by atoms with E-state index in [1.54, 1.807) is 0 Å². The lowest BCUT2D eigenvalue weighted by Crippen LogP contribution is -2.30. The minimum Gasteiger partial charge on any atom is -0.392 e. The molecule has 0 heterocycles. The van der Waals surface area contributed by atoms with Crippen LogP contribution in [0.2, 0.25) is 0 Å². The number of nitrogens with two attached hydrogens (primary N) is 1. The molecule has 0 unspecified atom stereocenters. The Morgan fingerprint density at radius 2 is 2.07 bits per heavy atom. The fourth-order valence-electron chi connectivity index (χ4n) is 1.18. The number of rotatable bonds is 6. The van der Waals surface area contributed by atoms with E-state index < -0.39 is 0 Å². The van der Waals surface area contributed by atoms with Crippen molar-refractivity contribution in [1.29, 1.82) is 0 Å². The molecule has 0 saturated carbocycles. The van der Waals surface area contributed by atoms with Crippen molar-refractivity contribution < 1.29 is 0 Å². The van der Waals surface area contributed by atoms with Gasteiger partial charge in [0.1, 0.15) is 0 Å². The quantitative estimate of drug-likeness (QED) is 0.608. The van der Waals surface area contributed by atoms with E-state index in [1.165, 1.54) is 4.90 Å². The maximum absolute atomic E-state index is 5.46. The van der Waals surface area contributed by atoms with Crippen LogP contribution < -0.4 is 5.73 Å². The van der Waals surface area contributed by atoms with Crippen molar-refractivity contribution in [3.8, 4) is 0 Å². The Hall–Kier alpha value is -0.580. The first-order chi connectivity index (χ1) is 7.18. The van der Waals surface area contributed by atoms with Gasteiger partial charge in [0.05, 0.1) is 4.99 Å². The van der Waals surface area contributed by atoms with Crippen LogP contribution in [0.25, 0.3) is 0 Å². The van der Waals surface area contributed by atoms with Gasteiger partial charge < -0.3 is 5.73 Å². The highest BCUT2D eigenvalue weighted by molar-refractivity contribution is 7.99. The average molecular weight is 240 g/mol. The maximum atomic E-state index is 5.46. The first-order valence-electron chi connectivity index (χ1n) is 4.83. The highest BCUT2D eigenvalue weighted by atomic mass is 32.2. The summed E-state index contributed by atoms with van der Waals surface area (Å²) in [4.78, 5) is 4.00. The number of hydrogen-bond donors (Lipinski definition) is 1. The van der Waals surface area contributed by atoms with Gasteiger partial charge in [0, 0.05) is 23.7 Å². The van der Waals surface area contributed by atoms with Crippen molar-refractivity contribution in [2.75, 3.05) is 25.9 Å². The highest BCUT2D eigenvalue weighted by Gasteiger charge is 1.99. The van der Waals surface area contributed by atoms with Crippen LogP contribution in [0.4, 0.5) is 0 Å². The maximum Gasteiger partial charge on any atom is 0.0869 e. The fourth-order valence-corrected chi connectivity index (χ4v) is 2.39. The molecule has 2 N–H and O–H groups in total. The average Bonchev–Trinajstić information content (AvgIpc) is 2.18. The van der Waals surface area contributed by atoms with Crippen molar-refractivity contribution in [3.05, 3.63) is 30.3 Å². The molecule has 0 aliphatic heterocycles. The smallest absolute Gasteiger partial charge is 0.0869 e. The van der Waals surface area contributed by atoms with Crippen molar-refractivity contribution in [2.45, 2.75) is 4.90 Å². The second-order valence-electron chi connectivity index (χ2n) is 3.37. The summed E-state index contributed by atoms with van der Waals surface area (Å²) in [5.41, 5.74) is 5.46. The Morgan fingerprint density at radius 3 is 2.67 bits per heavy atom. The van der Waals surface area contributed by atoms with Gasteiger partial charge in [0.2, 0.25) is 0 Å². The minimum atomic E-state index is 0.558. The van der Waals surface area contributed by atoms with Crippen molar-refractivity contribution in [1.82, 2.24) is 4.90 Å². The molecule has 1 aromatic rings. The first kappa shape index (κ1) is 12.5. The molecule has 0 saturated heterocycles. The van der Waals surface area contributed by atoms with Crippen LogP contribution in [-0.4, -0.2) is 35.8 Å². The van der Waals surface area contributed by atoms with Crippen LogP contribution in [0.15, 0.2) is 35.2 Å². The number of nitrogens with zero attached hydrogens (tertiary/aromatic N) is 1. The summed E-state index contributed by atoms with van der Waals surface area (Å²) in [5.74, 6) is 1.06. The summed E-state index contributed by atoms with van der Waals surface area (Å²) in [7, 11) is 2.03. The van der Waals surface area contributed by atoms with E-state index in [9.17, 15) is 0 Å². The van der Waals surface area contributed by atoms with E-state index in [2.05, 4.69) is 29.2 Å². The Labute approximate surface area is 101 Å². The SMILES string of the molecule is CN(CCSc1ccccc1)CC(N)=S. The topological polar surface area (TPSA) is 29.3 Å². The van der Waals surface area contributed by atoms with E-state index in [4.69, 9.17) is 18.0 Å². The second-order valence-corrected chi connectivity index (χ2v) is 5.06. The Bertz CT molecular complexity index is 301. The van der Waals surface area contributed by atoms with Gasteiger partial charge in [0.15, 0.2) is 0 Å². The van der Waals surface area contributed by atoms with E-state index in [1.807, 2.05) is 24.9 Å². The third-order valence-corrected chi connectivity index (χ3v) is 3.03. The zero-order chi connectivity index (χ0) is 11.1. The third kappa shape index (κ3) is 5.77. The van der Waals surface area contributed by atoms with E-state index >= 15 is 0 Å². The van der Waals surface area contributed by atoms with Crippen LogP contribution in [-0.2, 0) is 0 Å². The summed E-state index contributed by atoms with van der Waals surface area (Å²) < 4.78 is 0. The van der Waals surface area contributed by atoms with Crippen LogP contribution in [0.3, 0.4) is 0 Å². The van der Waals surface area contributed by atoms with E-state index in [-0.39, 0.29) is 0 Å². The number of hydrogen-bond acceptors (Lipinski definition) is 3. The van der Waals surface area contributed by atoms with Gasteiger partial charge in [-0.05, 0) is 19.2 Å². The molecule has 1 rings (SSSR count). The van der Waals surface area contributed by atoms with Crippen molar-refractivity contribution in [3.63, 3.8) is 0 Å². The second kappa shape index (κ2) is 6.82. The van der Waals surface area contributed by atoms with Crippen molar-refractivity contribution in [2.24, 2.45) is 5.73 Å². The van der Waals surface area contributed by atoms with Gasteiger partial charge in [-0.15, -0.1) is 11.8 Å². The standard InChI is InChI=1S/C11H16N2S2/c1-13(9-11(12)14)7-8-15-10-5-3-2-4-6-10/h2-6H,7-9H2,1H3,(H2,12,14). The zero-order valence-electron chi connectivity index (χ0n) is 8.85. The predicted octanol–water partition coefficient (Wildman–Crippen LogP) is 2.00. The molecule has 15 heavy (non-hydrogen) atoms. The van der Waals surface area contributed by atoms with Gasteiger partial charge in [0.25, 0.3) is 0 Å². The number of benzene rings is 1. The zero-order valence-corrected chi connectivity index (χ0v) is 10.5. The first-order valence-corrected chi connectivity index (χ1v) is 6.22. The van der Waals surface area contributed by atoms with Crippen molar-refractivity contribution >= 4 is 29.0 Å². The largest absolute Gasteiger partial charge is 0.392 e. The third-order valence-electron chi connectivity index (χ3n) is 1.91. The Balaban J connectivity index is 2.19. The summed E-state index contributed by atoms with van der Waals surface area (Å²) in [5, 5.41) is 0. The molecular weight excluding hydrogens is 224 g/mol. The Morgan fingerprint density at radius 1 is 1.40 bits per heavy atom. The molecule has 0 radical (unpaired) electrons. The number of thiocarbonyl (C=S) groups is 1. The lowest BCUT2D eigenvalue weighted by Gasteiger charge is -2.14. The van der Waals surface area contributed by atoms with E-state index in [0.717, 1.165) is 12.3 Å². The molecule has 0 spiro atoms. The number of likely N-dealkylation sites (N-methyl/N-ethyl adjacent to an activating group) is 1. The predicted molar refractivity (Wildman–Crippen MR) is 71.4 cm³/mol.